The van der Waals surface area contributed by atoms with Crippen molar-refractivity contribution in [3.63, 3.8) is 0 Å². The first-order chi connectivity index (χ1) is 23.7. The zero-order valence-electron chi connectivity index (χ0n) is 29.7. The summed E-state index contributed by atoms with van der Waals surface area (Å²) in [6.45, 7) is 14.9. The fourth-order valence-electron chi connectivity index (χ4n) is 8.65. The number of halogens is 1. The smallest absolute Gasteiger partial charge is 0.262 e. The van der Waals surface area contributed by atoms with Crippen molar-refractivity contribution in [1.29, 1.82) is 0 Å². The zero-order chi connectivity index (χ0) is 34.3. The number of anilines is 2. The lowest BCUT2D eigenvalue weighted by Gasteiger charge is -2.61. The van der Waals surface area contributed by atoms with Crippen LogP contribution < -0.4 is 25.8 Å². The Morgan fingerprint density at radius 3 is 2.69 bits per heavy atom. The first kappa shape index (κ1) is 33.8. The molecule has 0 unspecified atom stereocenters. The quantitative estimate of drug-likeness (QED) is 0.251. The Labute approximate surface area is 289 Å². The van der Waals surface area contributed by atoms with Gasteiger partial charge < -0.3 is 29.9 Å². The van der Waals surface area contributed by atoms with Crippen molar-refractivity contribution in [3.8, 4) is 5.75 Å². The maximum Gasteiger partial charge on any atom is 0.262 e. The predicted octanol–water partition coefficient (Wildman–Crippen LogP) is 5.15. The molecule has 10 nitrogen and oxygen atoms in total. The maximum atomic E-state index is 14.9. The van der Waals surface area contributed by atoms with Crippen LogP contribution in [0, 0.1) is 29.0 Å². The van der Waals surface area contributed by atoms with Gasteiger partial charge in [0.05, 0.1) is 37.3 Å². The number of ether oxygens (including phenoxy) is 2. The number of morpholine rings is 1. The largest absolute Gasteiger partial charge is 0.497 e. The Morgan fingerprint density at radius 1 is 1.16 bits per heavy atom. The van der Waals surface area contributed by atoms with Crippen molar-refractivity contribution < 1.29 is 13.9 Å². The third kappa shape index (κ3) is 6.64. The van der Waals surface area contributed by atoms with Crippen molar-refractivity contribution >= 4 is 28.5 Å². The van der Waals surface area contributed by atoms with E-state index in [9.17, 15) is 9.18 Å². The van der Waals surface area contributed by atoms with Gasteiger partial charge in [0.1, 0.15) is 11.6 Å². The van der Waals surface area contributed by atoms with Gasteiger partial charge in [0, 0.05) is 57.1 Å². The van der Waals surface area contributed by atoms with Gasteiger partial charge in [-0.3, -0.25) is 9.36 Å². The standard InChI is InChI=1S/C38H52FN7O3/c1-6-27-23-45(14-12-40-27)36(42-33-20-26-19-31(24(33)2)38(26,3)4)41-28-8-10-30-34(21-28)43-37(44-15-17-49-18-16-44)46(35(30)47)13-11-25-7-9-29(48-5)22-32(25)39/h7-10,21-22,24,26-27,31,33,40H,6,11-20,23H2,1-5H3,(H,41,42)/t24-,26-,27-,31+,33-/m0/s1. The van der Waals surface area contributed by atoms with Crippen LogP contribution in [0.5, 0.6) is 5.75 Å². The highest BCUT2D eigenvalue weighted by Gasteiger charge is 2.56. The monoisotopic (exact) mass is 673 g/mol. The summed E-state index contributed by atoms with van der Waals surface area (Å²) in [7, 11) is 1.52. The number of fused-ring (bicyclic) bond motifs is 3. The summed E-state index contributed by atoms with van der Waals surface area (Å²) in [5.41, 5.74) is 2.29. The molecule has 2 aliphatic heterocycles. The molecule has 1 aromatic heterocycles. The van der Waals surface area contributed by atoms with Gasteiger partial charge in [0.15, 0.2) is 5.96 Å². The van der Waals surface area contributed by atoms with E-state index in [1.165, 1.54) is 19.6 Å². The molecule has 0 amide bonds. The van der Waals surface area contributed by atoms with Gasteiger partial charge in [0.25, 0.3) is 5.56 Å². The number of methoxy groups -OCH3 is 1. The summed E-state index contributed by atoms with van der Waals surface area (Å²) in [5.74, 6) is 3.58. The van der Waals surface area contributed by atoms with E-state index in [4.69, 9.17) is 19.5 Å². The Morgan fingerprint density at radius 2 is 1.98 bits per heavy atom. The van der Waals surface area contributed by atoms with Gasteiger partial charge >= 0.3 is 0 Å². The van der Waals surface area contributed by atoms with Crippen LogP contribution >= 0.6 is 0 Å². The first-order valence-electron chi connectivity index (χ1n) is 18.2. The molecule has 0 spiro atoms. The molecular formula is C38H52FN7O3. The van der Waals surface area contributed by atoms with Crippen LogP contribution in [0.1, 0.15) is 52.5 Å². The van der Waals surface area contributed by atoms with Crippen LogP contribution in [0.2, 0.25) is 0 Å². The number of rotatable bonds is 8. The molecule has 264 valence electrons. The Kier molecular flexibility index (Phi) is 9.58. The minimum Gasteiger partial charge on any atom is -0.497 e. The Balaban J connectivity index is 1.21. The molecule has 2 aromatic carbocycles. The van der Waals surface area contributed by atoms with Crippen LogP contribution in [-0.2, 0) is 17.7 Å². The number of nitrogens with zero attached hydrogens (tertiary/aromatic N) is 5. The molecule has 3 saturated carbocycles. The molecule has 3 aliphatic carbocycles. The molecule has 49 heavy (non-hydrogen) atoms. The van der Waals surface area contributed by atoms with E-state index in [0.29, 0.717) is 90.7 Å². The zero-order valence-corrected chi connectivity index (χ0v) is 29.7. The highest BCUT2D eigenvalue weighted by molar-refractivity contribution is 5.96. The third-order valence-corrected chi connectivity index (χ3v) is 12.0. The molecule has 5 atom stereocenters. The van der Waals surface area contributed by atoms with Crippen LogP contribution in [0.3, 0.4) is 0 Å². The lowest BCUT2D eigenvalue weighted by Crippen LogP contribution is -2.57. The number of piperazine rings is 1. The number of hydrogen-bond donors (Lipinski definition) is 2. The lowest BCUT2D eigenvalue weighted by atomic mass is 9.45. The van der Waals surface area contributed by atoms with Gasteiger partial charge in [-0.2, -0.15) is 0 Å². The van der Waals surface area contributed by atoms with Gasteiger partial charge in [-0.15, -0.1) is 0 Å². The van der Waals surface area contributed by atoms with E-state index in [2.05, 4.69) is 48.1 Å². The molecule has 11 heteroatoms. The van der Waals surface area contributed by atoms with Crippen LogP contribution in [0.15, 0.2) is 46.2 Å². The normalized spacial score (nSPS) is 26.8. The highest BCUT2D eigenvalue weighted by atomic mass is 19.1. The summed E-state index contributed by atoms with van der Waals surface area (Å²) in [6.07, 6.45) is 3.86. The molecule has 2 saturated heterocycles. The average molecular weight is 674 g/mol. The number of aryl methyl sites for hydroxylation is 1. The number of guanidine groups is 1. The van der Waals surface area contributed by atoms with Crippen molar-refractivity contribution in [3.05, 3.63) is 58.1 Å². The van der Waals surface area contributed by atoms with Crippen LogP contribution in [0.25, 0.3) is 10.9 Å². The molecule has 5 fully saturated rings. The molecule has 0 radical (unpaired) electrons. The Hall–Kier alpha value is -3.70. The molecule has 5 aliphatic rings. The number of aliphatic imine (C=N–C) groups is 1. The molecule has 2 bridgehead atoms. The maximum absolute atomic E-state index is 14.9. The second-order valence-electron chi connectivity index (χ2n) is 15.0. The van der Waals surface area contributed by atoms with Crippen LogP contribution in [-0.4, -0.2) is 85.5 Å². The summed E-state index contributed by atoms with van der Waals surface area (Å²) >= 11 is 0. The third-order valence-electron chi connectivity index (χ3n) is 12.0. The first-order valence-corrected chi connectivity index (χ1v) is 18.2. The summed E-state index contributed by atoms with van der Waals surface area (Å²) in [6, 6.07) is 11.4. The van der Waals surface area contributed by atoms with E-state index >= 15 is 0 Å². The van der Waals surface area contributed by atoms with E-state index < -0.39 is 0 Å². The topological polar surface area (TPSA) is 96.2 Å². The molecular weight excluding hydrogens is 621 g/mol. The van der Waals surface area contributed by atoms with Gasteiger partial charge in [-0.1, -0.05) is 33.8 Å². The fraction of sp³-hybridized carbons (Fsp3) is 0.605. The van der Waals surface area contributed by atoms with Crippen molar-refractivity contribution in [2.75, 3.05) is 63.3 Å². The number of hydrogen-bond acceptors (Lipinski definition) is 7. The number of aromatic nitrogens is 2. The molecule has 2 N–H and O–H groups in total. The second-order valence-corrected chi connectivity index (χ2v) is 15.0. The van der Waals surface area contributed by atoms with E-state index in [1.807, 2.05) is 18.2 Å². The number of nitrogens with one attached hydrogen (secondary N) is 2. The average Bonchev–Trinajstić information content (AvgIpc) is 3.12. The summed E-state index contributed by atoms with van der Waals surface area (Å²) in [4.78, 5) is 29.2. The summed E-state index contributed by atoms with van der Waals surface area (Å²) in [5, 5.41) is 7.89. The SMILES string of the molecule is CC[C@H]1CN(C(=N[C@H]2C[C@@H]3C[C@H]([C@@H]2C)C3(C)C)Nc2ccc3c(=O)n(CCc4ccc(OC)cc4F)c(N4CCOCC4)nc3c2)CCN1. The van der Waals surface area contributed by atoms with Gasteiger partial charge in [0.2, 0.25) is 5.95 Å². The van der Waals surface area contributed by atoms with Crippen molar-refractivity contribution in [2.24, 2.45) is 28.2 Å². The second kappa shape index (κ2) is 13.9. The van der Waals surface area contributed by atoms with Crippen molar-refractivity contribution in [1.82, 2.24) is 19.8 Å². The molecule has 8 rings (SSSR count). The van der Waals surface area contributed by atoms with E-state index in [1.54, 1.807) is 16.7 Å². The van der Waals surface area contributed by atoms with Gasteiger partial charge in [-0.25, -0.2) is 14.4 Å². The van der Waals surface area contributed by atoms with Gasteiger partial charge in [-0.05, 0) is 78.7 Å². The summed E-state index contributed by atoms with van der Waals surface area (Å²) < 4.78 is 27.4. The van der Waals surface area contributed by atoms with E-state index in [0.717, 1.165) is 50.0 Å². The minimum absolute atomic E-state index is 0.133. The minimum atomic E-state index is -0.347. The van der Waals surface area contributed by atoms with Crippen molar-refractivity contribution in [2.45, 2.75) is 72.0 Å². The molecule has 3 aromatic rings. The number of benzene rings is 2. The fourth-order valence-corrected chi connectivity index (χ4v) is 8.65. The predicted molar refractivity (Wildman–Crippen MR) is 193 cm³/mol. The van der Waals surface area contributed by atoms with E-state index in [-0.39, 0.29) is 17.4 Å². The lowest BCUT2D eigenvalue weighted by molar-refractivity contribution is -0.108. The van der Waals surface area contributed by atoms with Crippen LogP contribution in [0.4, 0.5) is 16.0 Å². The Bertz CT molecular complexity index is 1750. The highest BCUT2D eigenvalue weighted by Crippen LogP contribution is 2.61. The molecule has 3 heterocycles.